The maximum absolute atomic E-state index is 10.7. The molecule has 0 rings (SSSR count). The van der Waals surface area contributed by atoms with Gasteiger partial charge in [-0.25, -0.2) is 0 Å². The first kappa shape index (κ1) is 9.33. The van der Waals surface area contributed by atoms with Crippen molar-refractivity contribution in [1.29, 1.82) is 0 Å². The largest absolute Gasteiger partial charge is 0.393 e. The van der Waals surface area contributed by atoms with Crippen molar-refractivity contribution in [3.8, 4) is 0 Å². The Morgan fingerprint density at radius 2 is 2.20 bits per heavy atom. The molecule has 0 amide bonds. The number of carbonyl (C=O) groups is 1. The van der Waals surface area contributed by atoms with Crippen LogP contribution in [0.4, 0.5) is 0 Å². The van der Waals surface area contributed by atoms with Crippen LogP contribution in [0.25, 0.3) is 0 Å². The van der Waals surface area contributed by atoms with E-state index in [2.05, 4.69) is 6.58 Å². The van der Waals surface area contributed by atoms with Crippen LogP contribution in [0.1, 0.15) is 13.3 Å². The molecule has 0 heterocycles. The molecule has 0 aliphatic rings. The van der Waals surface area contributed by atoms with Crippen LogP contribution in [0.5, 0.6) is 0 Å². The predicted octanol–water partition coefficient (Wildman–Crippen LogP) is -0.125. The Morgan fingerprint density at radius 1 is 1.70 bits per heavy atom. The molecule has 0 saturated carbocycles. The lowest BCUT2D eigenvalue weighted by Crippen LogP contribution is -2.20. The van der Waals surface area contributed by atoms with Crippen molar-refractivity contribution in [2.45, 2.75) is 19.4 Å². The molecular formula is C7H12O3. The zero-order valence-corrected chi connectivity index (χ0v) is 6.00. The Balaban J connectivity index is 3.95. The van der Waals surface area contributed by atoms with E-state index < -0.39 is 12.7 Å². The average molecular weight is 144 g/mol. The number of hydrogen-bond donors (Lipinski definition) is 2. The molecule has 58 valence electrons. The summed E-state index contributed by atoms with van der Waals surface area (Å²) in [5.41, 5.74) is 0.0880. The van der Waals surface area contributed by atoms with E-state index in [1.165, 1.54) is 0 Å². The lowest BCUT2D eigenvalue weighted by Gasteiger charge is -2.07. The Morgan fingerprint density at radius 3 is 2.50 bits per heavy atom. The molecular weight excluding hydrogens is 132 g/mol. The van der Waals surface area contributed by atoms with E-state index in [-0.39, 0.29) is 11.4 Å². The maximum atomic E-state index is 10.7. The van der Waals surface area contributed by atoms with Gasteiger partial charge in [0.2, 0.25) is 0 Å². The Bertz CT molecular complexity index is 140. The summed E-state index contributed by atoms with van der Waals surface area (Å²) in [5, 5.41) is 17.2. The van der Waals surface area contributed by atoms with Crippen LogP contribution in [0.2, 0.25) is 0 Å². The molecule has 0 aliphatic heterocycles. The van der Waals surface area contributed by atoms with E-state index in [1.54, 1.807) is 6.92 Å². The molecule has 1 atom stereocenters. The van der Waals surface area contributed by atoms with Gasteiger partial charge in [0, 0.05) is 12.0 Å². The summed E-state index contributed by atoms with van der Waals surface area (Å²) < 4.78 is 0. The first-order valence-electron chi connectivity index (χ1n) is 3.14. The summed E-state index contributed by atoms with van der Waals surface area (Å²) in [6.07, 6.45) is -0.775. The van der Waals surface area contributed by atoms with Gasteiger partial charge in [-0.05, 0) is 0 Å². The predicted molar refractivity (Wildman–Crippen MR) is 37.5 cm³/mol. The van der Waals surface area contributed by atoms with E-state index in [9.17, 15) is 4.79 Å². The molecule has 3 heteroatoms. The van der Waals surface area contributed by atoms with Gasteiger partial charge in [0.05, 0.1) is 6.61 Å². The number of Topliss-reactive ketones (excluding diaryl/α,β-unsaturated/α-hetero) is 1. The van der Waals surface area contributed by atoms with Crippen LogP contribution in [-0.2, 0) is 4.79 Å². The van der Waals surface area contributed by atoms with E-state index in [4.69, 9.17) is 10.2 Å². The molecule has 0 bridgehead atoms. The van der Waals surface area contributed by atoms with Gasteiger partial charge >= 0.3 is 0 Å². The van der Waals surface area contributed by atoms with Gasteiger partial charge in [0.1, 0.15) is 6.10 Å². The Hall–Kier alpha value is -0.670. The van der Waals surface area contributed by atoms with Crippen LogP contribution in [0, 0.1) is 0 Å². The summed E-state index contributed by atoms with van der Waals surface area (Å²) in [4.78, 5) is 10.7. The highest BCUT2D eigenvalue weighted by Crippen LogP contribution is 2.02. The summed E-state index contributed by atoms with van der Waals surface area (Å²) in [7, 11) is 0. The van der Waals surface area contributed by atoms with Gasteiger partial charge in [0.15, 0.2) is 5.78 Å². The third kappa shape index (κ3) is 2.29. The van der Waals surface area contributed by atoms with E-state index in [1.807, 2.05) is 0 Å². The average Bonchev–Trinajstić information content (AvgIpc) is 2.00. The van der Waals surface area contributed by atoms with Crippen molar-refractivity contribution in [3.63, 3.8) is 0 Å². The number of rotatable bonds is 4. The molecule has 2 N–H and O–H groups in total. The molecule has 0 aromatic heterocycles. The molecule has 0 aromatic carbocycles. The number of hydrogen-bond acceptors (Lipinski definition) is 3. The number of aliphatic hydroxyl groups is 2. The number of aliphatic hydroxyl groups excluding tert-OH is 2. The van der Waals surface area contributed by atoms with Crippen molar-refractivity contribution >= 4 is 5.78 Å². The summed E-state index contributed by atoms with van der Waals surface area (Å²) in [6.45, 7) is 4.57. The molecule has 1 unspecified atom stereocenters. The van der Waals surface area contributed by atoms with Gasteiger partial charge in [-0.15, -0.1) is 0 Å². The van der Waals surface area contributed by atoms with Gasteiger partial charge in [-0.3, -0.25) is 4.79 Å². The third-order valence-corrected chi connectivity index (χ3v) is 1.25. The minimum atomic E-state index is -1.09. The lowest BCUT2D eigenvalue weighted by molar-refractivity contribution is -0.116. The van der Waals surface area contributed by atoms with Crippen LogP contribution in [0.15, 0.2) is 12.2 Å². The molecule has 0 saturated heterocycles. The molecule has 0 radical (unpaired) electrons. The zero-order valence-electron chi connectivity index (χ0n) is 6.00. The monoisotopic (exact) mass is 144 g/mol. The standard InChI is InChI=1S/C7H12O3/c1-3-6(9)5(2)7(10)4-8/h7-8,10H,2-4H2,1H3. The van der Waals surface area contributed by atoms with Gasteiger partial charge < -0.3 is 10.2 Å². The van der Waals surface area contributed by atoms with E-state index in [0.717, 1.165) is 0 Å². The second-order valence-electron chi connectivity index (χ2n) is 2.00. The molecule has 0 aliphatic carbocycles. The summed E-state index contributed by atoms with van der Waals surface area (Å²) in [5.74, 6) is -0.207. The van der Waals surface area contributed by atoms with Gasteiger partial charge in [0.25, 0.3) is 0 Å². The van der Waals surface area contributed by atoms with Crippen molar-refractivity contribution < 1.29 is 15.0 Å². The molecule has 10 heavy (non-hydrogen) atoms. The molecule has 3 nitrogen and oxygen atoms in total. The quantitative estimate of drug-likeness (QED) is 0.540. The van der Waals surface area contributed by atoms with Crippen molar-refractivity contribution in [2.75, 3.05) is 6.61 Å². The first-order valence-corrected chi connectivity index (χ1v) is 3.14. The summed E-state index contributed by atoms with van der Waals surface area (Å²) >= 11 is 0. The smallest absolute Gasteiger partial charge is 0.160 e. The van der Waals surface area contributed by atoms with Crippen molar-refractivity contribution in [3.05, 3.63) is 12.2 Å². The second-order valence-corrected chi connectivity index (χ2v) is 2.00. The number of ketones is 1. The Kier molecular flexibility index (Phi) is 3.91. The van der Waals surface area contributed by atoms with Crippen molar-refractivity contribution in [1.82, 2.24) is 0 Å². The Labute approximate surface area is 60.0 Å². The topological polar surface area (TPSA) is 57.5 Å². The fraction of sp³-hybridized carbons (Fsp3) is 0.571. The van der Waals surface area contributed by atoms with Crippen molar-refractivity contribution in [2.24, 2.45) is 0 Å². The lowest BCUT2D eigenvalue weighted by atomic mass is 10.1. The van der Waals surface area contributed by atoms with E-state index in [0.29, 0.717) is 6.42 Å². The van der Waals surface area contributed by atoms with Crippen LogP contribution in [0.3, 0.4) is 0 Å². The molecule has 0 spiro atoms. The fourth-order valence-corrected chi connectivity index (χ4v) is 0.523. The van der Waals surface area contributed by atoms with Gasteiger partial charge in [-0.2, -0.15) is 0 Å². The highest BCUT2D eigenvalue weighted by molar-refractivity contribution is 5.95. The molecule has 0 fully saturated rings. The van der Waals surface area contributed by atoms with E-state index >= 15 is 0 Å². The van der Waals surface area contributed by atoms with Crippen LogP contribution in [-0.4, -0.2) is 28.7 Å². The second kappa shape index (κ2) is 4.19. The highest BCUT2D eigenvalue weighted by atomic mass is 16.3. The molecule has 0 aromatic rings. The SMILES string of the molecule is C=C(C(=O)CC)C(O)CO. The maximum Gasteiger partial charge on any atom is 0.160 e. The fourth-order valence-electron chi connectivity index (χ4n) is 0.523. The first-order chi connectivity index (χ1) is 4.63. The van der Waals surface area contributed by atoms with Crippen LogP contribution >= 0.6 is 0 Å². The highest BCUT2D eigenvalue weighted by Gasteiger charge is 2.12. The minimum absolute atomic E-state index is 0.0880. The number of carbonyl (C=O) groups excluding carboxylic acids is 1. The zero-order chi connectivity index (χ0) is 8.15. The minimum Gasteiger partial charge on any atom is -0.393 e. The van der Waals surface area contributed by atoms with Crippen LogP contribution < -0.4 is 0 Å². The third-order valence-electron chi connectivity index (χ3n) is 1.25. The summed E-state index contributed by atoms with van der Waals surface area (Å²) in [6, 6.07) is 0. The normalized spacial score (nSPS) is 12.7. The van der Waals surface area contributed by atoms with Gasteiger partial charge in [-0.1, -0.05) is 13.5 Å².